The van der Waals surface area contributed by atoms with E-state index in [0.717, 1.165) is 43.6 Å². The van der Waals surface area contributed by atoms with Crippen LogP contribution in [0.15, 0.2) is 4.52 Å². The number of hydrogen-bond acceptors (Lipinski definition) is 4. The number of hydrogen-bond donors (Lipinski definition) is 1. The van der Waals surface area contributed by atoms with Crippen LogP contribution in [0.25, 0.3) is 0 Å². The van der Waals surface area contributed by atoms with E-state index in [0.29, 0.717) is 5.92 Å². The zero-order valence-corrected chi connectivity index (χ0v) is 12.8. The van der Waals surface area contributed by atoms with Gasteiger partial charge in [0.1, 0.15) is 0 Å². The molecule has 0 spiro atoms. The van der Waals surface area contributed by atoms with Crippen molar-refractivity contribution in [2.24, 2.45) is 5.92 Å². The molecule has 1 aliphatic heterocycles. The number of aromatic nitrogens is 2. The predicted octanol–water partition coefficient (Wildman–Crippen LogP) is 3.39. The third-order valence-corrected chi connectivity index (χ3v) is 5.39. The summed E-state index contributed by atoms with van der Waals surface area (Å²) < 4.78 is 5.64. The summed E-state index contributed by atoms with van der Waals surface area (Å²) in [5, 5.41) is 7.73. The van der Waals surface area contributed by atoms with Gasteiger partial charge in [-0.05, 0) is 44.7 Å². The molecule has 1 saturated heterocycles. The monoisotopic (exact) mass is 277 g/mol. The molecule has 1 aromatic heterocycles. The highest BCUT2D eigenvalue weighted by Crippen LogP contribution is 2.38. The van der Waals surface area contributed by atoms with Crippen LogP contribution in [0.1, 0.15) is 76.4 Å². The van der Waals surface area contributed by atoms with Gasteiger partial charge in [0.25, 0.3) is 0 Å². The lowest BCUT2D eigenvalue weighted by molar-refractivity contribution is 0.239. The second-order valence-corrected chi connectivity index (χ2v) is 6.91. The van der Waals surface area contributed by atoms with Gasteiger partial charge in [-0.2, -0.15) is 4.98 Å². The van der Waals surface area contributed by atoms with Crippen LogP contribution in [0.2, 0.25) is 0 Å². The molecule has 2 atom stereocenters. The summed E-state index contributed by atoms with van der Waals surface area (Å²) in [6.45, 7) is 6.66. The minimum absolute atomic E-state index is 0.0787. The molecule has 0 radical (unpaired) electrons. The van der Waals surface area contributed by atoms with Gasteiger partial charge in [0.15, 0.2) is 5.82 Å². The second-order valence-electron chi connectivity index (χ2n) is 6.91. The van der Waals surface area contributed by atoms with E-state index >= 15 is 0 Å². The lowest BCUT2D eigenvalue weighted by Crippen LogP contribution is -2.37. The highest BCUT2D eigenvalue weighted by molar-refractivity contribution is 5.08. The van der Waals surface area contributed by atoms with Gasteiger partial charge in [-0.15, -0.1) is 0 Å². The van der Waals surface area contributed by atoms with Gasteiger partial charge in [0.05, 0.1) is 0 Å². The highest BCUT2D eigenvalue weighted by Gasteiger charge is 2.35. The van der Waals surface area contributed by atoms with Crippen molar-refractivity contribution in [1.29, 1.82) is 0 Å². The van der Waals surface area contributed by atoms with Gasteiger partial charge in [-0.3, -0.25) is 0 Å². The van der Waals surface area contributed by atoms with Gasteiger partial charge < -0.3 is 9.84 Å². The van der Waals surface area contributed by atoms with Crippen LogP contribution in [0, 0.1) is 5.92 Å². The maximum absolute atomic E-state index is 5.64. The first-order valence-corrected chi connectivity index (χ1v) is 8.26. The van der Waals surface area contributed by atoms with E-state index in [1.165, 1.54) is 32.1 Å². The number of rotatable bonds is 3. The summed E-state index contributed by atoms with van der Waals surface area (Å²) in [5.41, 5.74) is 0.0787. The van der Waals surface area contributed by atoms with Gasteiger partial charge in [-0.1, -0.05) is 38.3 Å². The molecule has 3 rings (SSSR count). The highest BCUT2D eigenvalue weighted by atomic mass is 16.5. The molecule has 2 fully saturated rings. The van der Waals surface area contributed by atoms with Gasteiger partial charge in [0, 0.05) is 11.3 Å². The Morgan fingerprint density at radius 3 is 2.85 bits per heavy atom. The molecule has 4 nitrogen and oxygen atoms in total. The molecular formula is C16H27N3O. The molecule has 2 aliphatic rings. The molecule has 1 N–H and O–H groups in total. The Labute approximate surface area is 121 Å². The minimum atomic E-state index is 0.0787. The van der Waals surface area contributed by atoms with Gasteiger partial charge in [-0.25, -0.2) is 0 Å². The summed E-state index contributed by atoms with van der Waals surface area (Å²) in [7, 11) is 0. The van der Waals surface area contributed by atoms with E-state index in [4.69, 9.17) is 9.51 Å². The first-order chi connectivity index (χ1) is 9.71. The first-order valence-electron chi connectivity index (χ1n) is 8.26. The topological polar surface area (TPSA) is 51.0 Å². The molecule has 2 unspecified atom stereocenters. The average molecular weight is 277 g/mol. The fourth-order valence-electron chi connectivity index (χ4n) is 3.73. The SMILES string of the molecule is CCC1CCCC(c2noc(C3(C)CCNCC3)n2)C1. The Balaban J connectivity index is 1.73. The Kier molecular flexibility index (Phi) is 4.11. The molecule has 1 saturated carbocycles. The van der Waals surface area contributed by atoms with Crippen molar-refractivity contribution in [3.63, 3.8) is 0 Å². The second kappa shape index (κ2) is 5.84. The fraction of sp³-hybridized carbons (Fsp3) is 0.875. The van der Waals surface area contributed by atoms with Crippen molar-refractivity contribution in [2.75, 3.05) is 13.1 Å². The normalized spacial score (nSPS) is 30.3. The fourth-order valence-corrected chi connectivity index (χ4v) is 3.73. The standard InChI is InChI=1S/C16H27N3O/c1-3-12-5-4-6-13(11-12)14-18-15(20-19-14)16(2)7-9-17-10-8-16/h12-13,17H,3-11H2,1-2H3. The van der Waals surface area contributed by atoms with E-state index in [9.17, 15) is 0 Å². The summed E-state index contributed by atoms with van der Waals surface area (Å²) >= 11 is 0. The Bertz CT molecular complexity index is 437. The summed E-state index contributed by atoms with van der Waals surface area (Å²) in [6, 6.07) is 0. The van der Waals surface area contributed by atoms with E-state index in [1.807, 2.05) is 0 Å². The van der Waals surface area contributed by atoms with E-state index in [-0.39, 0.29) is 5.41 Å². The van der Waals surface area contributed by atoms with Crippen LogP contribution in [0.5, 0.6) is 0 Å². The lowest BCUT2D eigenvalue weighted by atomic mass is 9.79. The van der Waals surface area contributed by atoms with Crippen LogP contribution in [-0.2, 0) is 5.41 Å². The minimum Gasteiger partial charge on any atom is -0.339 e. The van der Waals surface area contributed by atoms with Crippen LogP contribution >= 0.6 is 0 Å². The first kappa shape index (κ1) is 14.1. The molecule has 0 amide bonds. The summed E-state index contributed by atoms with van der Waals surface area (Å²) in [6.07, 6.45) is 8.63. The summed E-state index contributed by atoms with van der Waals surface area (Å²) in [5.74, 6) is 3.22. The molecule has 1 aromatic rings. The van der Waals surface area contributed by atoms with Crippen molar-refractivity contribution in [1.82, 2.24) is 15.5 Å². The maximum Gasteiger partial charge on any atom is 0.232 e. The molecule has 0 bridgehead atoms. The molecule has 0 aromatic carbocycles. The molecular weight excluding hydrogens is 250 g/mol. The molecule has 1 aliphatic carbocycles. The third-order valence-electron chi connectivity index (χ3n) is 5.39. The maximum atomic E-state index is 5.64. The van der Waals surface area contributed by atoms with E-state index in [2.05, 4.69) is 24.3 Å². The van der Waals surface area contributed by atoms with Gasteiger partial charge >= 0.3 is 0 Å². The largest absolute Gasteiger partial charge is 0.339 e. The van der Waals surface area contributed by atoms with E-state index < -0.39 is 0 Å². The van der Waals surface area contributed by atoms with Crippen LogP contribution in [0.3, 0.4) is 0 Å². The van der Waals surface area contributed by atoms with Crippen LogP contribution < -0.4 is 5.32 Å². The average Bonchev–Trinajstić information content (AvgIpc) is 2.99. The Morgan fingerprint density at radius 1 is 1.30 bits per heavy atom. The Hall–Kier alpha value is -0.900. The molecule has 2 heterocycles. The quantitative estimate of drug-likeness (QED) is 0.920. The number of piperidine rings is 1. The molecule has 20 heavy (non-hydrogen) atoms. The van der Waals surface area contributed by atoms with Crippen molar-refractivity contribution in [3.8, 4) is 0 Å². The lowest BCUT2D eigenvalue weighted by Gasteiger charge is -2.30. The summed E-state index contributed by atoms with van der Waals surface area (Å²) in [4.78, 5) is 4.79. The third kappa shape index (κ3) is 2.76. The van der Waals surface area contributed by atoms with Crippen molar-refractivity contribution in [2.45, 2.75) is 70.1 Å². The van der Waals surface area contributed by atoms with E-state index in [1.54, 1.807) is 0 Å². The van der Waals surface area contributed by atoms with Crippen LogP contribution in [-0.4, -0.2) is 23.2 Å². The Morgan fingerprint density at radius 2 is 2.10 bits per heavy atom. The zero-order chi connectivity index (χ0) is 14.0. The van der Waals surface area contributed by atoms with Crippen molar-refractivity contribution < 1.29 is 4.52 Å². The van der Waals surface area contributed by atoms with Crippen molar-refractivity contribution in [3.05, 3.63) is 11.7 Å². The number of nitrogens with zero attached hydrogens (tertiary/aromatic N) is 2. The molecule has 4 heteroatoms. The van der Waals surface area contributed by atoms with Crippen molar-refractivity contribution >= 4 is 0 Å². The predicted molar refractivity (Wildman–Crippen MR) is 78.7 cm³/mol. The molecule has 112 valence electrons. The van der Waals surface area contributed by atoms with Crippen LogP contribution in [0.4, 0.5) is 0 Å². The number of nitrogens with one attached hydrogen (secondary N) is 1. The smallest absolute Gasteiger partial charge is 0.232 e. The zero-order valence-electron chi connectivity index (χ0n) is 12.8. The van der Waals surface area contributed by atoms with Gasteiger partial charge in [0.2, 0.25) is 5.89 Å².